The number of ether oxygens (including phenoxy) is 2. The lowest BCUT2D eigenvalue weighted by Gasteiger charge is -2.09. The predicted octanol–water partition coefficient (Wildman–Crippen LogP) is 4.58. The molecular formula is C20H19NO3S. The van der Waals surface area contributed by atoms with Gasteiger partial charge in [-0.05, 0) is 49.2 Å². The fourth-order valence-corrected chi connectivity index (χ4v) is 3.34. The van der Waals surface area contributed by atoms with Crippen molar-refractivity contribution in [2.75, 3.05) is 7.11 Å². The van der Waals surface area contributed by atoms with Gasteiger partial charge in [-0.1, -0.05) is 18.2 Å². The fourth-order valence-electron chi connectivity index (χ4n) is 2.51. The van der Waals surface area contributed by atoms with Gasteiger partial charge in [0.1, 0.15) is 16.5 Å². The number of rotatable bonds is 5. The Hall–Kier alpha value is -2.66. The number of nitrogens with zero attached hydrogens (tertiary/aromatic N) is 1. The Bertz CT molecular complexity index is 864. The number of hydrogen-bond donors (Lipinski definition) is 0. The second-order valence-corrected chi connectivity index (χ2v) is 6.60. The van der Waals surface area contributed by atoms with E-state index in [1.165, 1.54) is 11.3 Å². The molecule has 0 saturated heterocycles. The molecule has 0 amide bonds. The lowest BCUT2D eigenvalue weighted by atomic mass is 10.1. The number of methoxy groups -OCH3 is 1. The van der Waals surface area contributed by atoms with E-state index in [1.54, 1.807) is 7.11 Å². The molecule has 5 heteroatoms. The first-order valence-corrected chi connectivity index (χ1v) is 8.80. The van der Waals surface area contributed by atoms with E-state index in [-0.39, 0.29) is 12.4 Å². The fraction of sp³-hybridized carbons (Fsp3) is 0.200. The topological polar surface area (TPSA) is 48.4 Å². The van der Waals surface area contributed by atoms with Crippen LogP contribution in [0.5, 0.6) is 11.5 Å². The highest BCUT2D eigenvalue weighted by molar-refractivity contribution is 7.13. The summed E-state index contributed by atoms with van der Waals surface area (Å²) in [5.74, 6) is 1.14. The minimum Gasteiger partial charge on any atom is -0.497 e. The molecule has 0 saturated carbocycles. The number of para-hydroxylation sites is 1. The second kappa shape index (κ2) is 7.49. The van der Waals surface area contributed by atoms with Gasteiger partial charge in [0.2, 0.25) is 0 Å². The van der Waals surface area contributed by atoms with Crippen molar-refractivity contribution >= 4 is 17.3 Å². The van der Waals surface area contributed by atoms with Crippen LogP contribution in [0.3, 0.4) is 0 Å². The quantitative estimate of drug-likeness (QED) is 0.497. The maximum absolute atomic E-state index is 12.2. The van der Waals surface area contributed by atoms with Gasteiger partial charge in [-0.3, -0.25) is 4.79 Å². The molecule has 0 aliphatic rings. The molecule has 3 aromatic rings. The van der Waals surface area contributed by atoms with E-state index in [1.807, 2.05) is 61.7 Å². The number of carbonyl (C=O) groups excluding carboxylic acids is 1. The summed E-state index contributed by atoms with van der Waals surface area (Å²) in [6, 6.07) is 13.5. The summed E-state index contributed by atoms with van der Waals surface area (Å²) in [6.07, 6.45) is 0.153. The van der Waals surface area contributed by atoms with Crippen molar-refractivity contribution in [2.24, 2.45) is 0 Å². The lowest BCUT2D eigenvalue weighted by molar-refractivity contribution is -0.133. The Balaban J connectivity index is 1.69. The van der Waals surface area contributed by atoms with Crippen LogP contribution >= 0.6 is 11.3 Å². The van der Waals surface area contributed by atoms with Crippen molar-refractivity contribution in [3.63, 3.8) is 0 Å². The lowest BCUT2D eigenvalue weighted by Crippen LogP contribution is -2.13. The standard InChI is InChI=1S/C20H19NO3S/c1-13-5-4-6-14(2)19(13)24-18(22)11-16-12-25-20(21-16)15-7-9-17(23-3)10-8-15/h4-10,12H,11H2,1-3H3. The summed E-state index contributed by atoms with van der Waals surface area (Å²) in [7, 11) is 1.64. The zero-order valence-corrected chi connectivity index (χ0v) is 15.2. The Morgan fingerprint density at radius 2 is 1.76 bits per heavy atom. The van der Waals surface area contributed by atoms with Crippen molar-refractivity contribution in [2.45, 2.75) is 20.3 Å². The number of aromatic nitrogens is 1. The van der Waals surface area contributed by atoms with Crippen molar-refractivity contribution in [3.8, 4) is 22.1 Å². The summed E-state index contributed by atoms with van der Waals surface area (Å²) < 4.78 is 10.7. The van der Waals surface area contributed by atoms with E-state index in [9.17, 15) is 4.79 Å². The predicted molar refractivity (Wildman–Crippen MR) is 99.4 cm³/mol. The first-order chi connectivity index (χ1) is 12.1. The Kier molecular flexibility index (Phi) is 5.14. The van der Waals surface area contributed by atoms with E-state index < -0.39 is 0 Å². The van der Waals surface area contributed by atoms with Crippen LogP contribution in [0.15, 0.2) is 47.8 Å². The maximum Gasteiger partial charge on any atom is 0.317 e. The molecule has 0 aliphatic carbocycles. The molecule has 25 heavy (non-hydrogen) atoms. The maximum atomic E-state index is 12.2. The highest BCUT2D eigenvalue weighted by Gasteiger charge is 2.13. The van der Waals surface area contributed by atoms with Crippen LogP contribution in [0.2, 0.25) is 0 Å². The second-order valence-electron chi connectivity index (χ2n) is 5.74. The summed E-state index contributed by atoms with van der Waals surface area (Å²) in [4.78, 5) is 16.8. The number of hydrogen-bond acceptors (Lipinski definition) is 5. The van der Waals surface area contributed by atoms with Gasteiger partial charge in [-0.2, -0.15) is 0 Å². The number of benzene rings is 2. The zero-order chi connectivity index (χ0) is 17.8. The molecule has 0 spiro atoms. The van der Waals surface area contributed by atoms with Crippen molar-refractivity contribution in [1.29, 1.82) is 0 Å². The molecule has 0 radical (unpaired) electrons. The molecule has 1 heterocycles. The summed E-state index contributed by atoms with van der Waals surface area (Å²) in [5, 5.41) is 2.77. The smallest absolute Gasteiger partial charge is 0.317 e. The number of esters is 1. The summed E-state index contributed by atoms with van der Waals surface area (Å²) in [5.41, 5.74) is 3.61. The van der Waals surface area contributed by atoms with Crippen molar-refractivity contribution in [3.05, 3.63) is 64.7 Å². The molecule has 0 atom stereocenters. The van der Waals surface area contributed by atoms with Crippen LogP contribution in [-0.4, -0.2) is 18.1 Å². The van der Waals surface area contributed by atoms with Gasteiger partial charge in [-0.25, -0.2) is 4.98 Å². The van der Waals surface area contributed by atoms with Gasteiger partial charge in [0.15, 0.2) is 0 Å². The Morgan fingerprint density at radius 3 is 2.40 bits per heavy atom. The van der Waals surface area contributed by atoms with Gasteiger partial charge in [0.05, 0.1) is 19.2 Å². The molecule has 1 aromatic heterocycles. The highest BCUT2D eigenvalue weighted by atomic mass is 32.1. The normalized spacial score (nSPS) is 10.5. The van der Waals surface area contributed by atoms with Gasteiger partial charge in [-0.15, -0.1) is 11.3 Å². The molecular weight excluding hydrogens is 334 g/mol. The Labute approximate surface area is 151 Å². The largest absolute Gasteiger partial charge is 0.497 e. The molecule has 0 bridgehead atoms. The SMILES string of the molecule is COc1ccc(-c2nc(CC(=O)Oc3c(C)cccc3C)cs2)cc1. The van der Waals surface area contributed by atoms with E-state index in [0.717, 1.165) is 27.4 Å². The first kappa shape index (κ1) is 17.2. The molecule has 0 fully saturated rings. The van der Waals surface area contributed by atoms with Crippen LogP contribution in [0.25, 0.3) is 10.6 Å². The molecule has 4 nitrogen and oxygen atoms in total. The number of carbonyl (C=O) groups is 1. The van der Waals surface area contributed by atoms with E-state index >= 15 is 0 Å². The average molecular weight is 353 g/mol. The van der Waals surface area contributed by atoms with Crippen molar-refractivity contribution in [1.82, 2.24) is 4.98 Å². The average Bonchev–Trinajstić information content (AvgIpc) is 3.07. The van der Waals surface area contributed by atoms with E-state index in [2.05, 4.69) is 4.98 Å². The number of aryl methyl sites for hydroxylation is 2. The third kappa shape index (κ3) is 4.06. The molecule has 3 rings (SSSR count). The van der Waals surface area contributed by atoms with E-state index in [0.29, 0.717) is 11.4 Å². The number of thiazole rings is 1. The van der Waals surface area contributed by atoms with Gasteiger partial charge >= 0.3 is 5.97 Å². The van der Waals surface area contributed by atoms with Crippen LogP contribution in [-0.2, 0) is 11.2 Å². The zero-order valence-electron chi connectivity index (χ0n) is 14.4. The minimum atomic E-state index is -0.302. The summed E-state index contributed by atoms with van der Waals surface area (Å²) >= 11 is 1.51. The van der Waals surface area contributed by atoms with Crippen LogP contribution in [0.4, 0.5) is 0 Å². The third-order valence-electron chi connectivity index (χ3n) is 3.84. The van der Waals surface area contributed by atoms with Crippen LogP contribution < -0.4 is 9.47 Å². The van der Waals surface area contributed by atoms with Gasteiger partial charge in [0.25, 0.3) is 0 Å². The minimum absolute atomic E-state index is 0.153. The molecule has 0 N–H and O–H groups in total. The first-order valence-electron chi connectivity index (χ1n) is 7.92. The van der Waals surface area contributed by atoms with Crippen LogP contribution in [0.1, 0.15) is 16.8 Å². The van der Waals surface area contributed by atoms with E-state index in [4.69, 9.17) is 9.47 Å². The van der Waals surface area contributed by atoms with Gasteiger partial charge < -0.3 is 9.47 Å². The van der Waals surface area contributed by atoms with Crippen LogP contribution in [0, 0.1) is 13.8 Å². The molecule has 2 aromatic carbocycles. The molecule has 0 unspecified atom stereocenters. The van der Waals surface area contributed by atoms with Gasteiger partial charge in [0, 0.05) is 10.9 Å². The highest BCUT2D eigenvalue weighted by Crippen LogP contribution is 2.27. The summed E-state index contributed by atoms with van der Waals surface area (Å²) in [6.45, 7) is 3.86. The third-order valence-corrected chi connectivity index (χ3v) is 4.78. The van der Waals surface area contributed by atoms with Crippen molar-refractivity contribution < 1.29 is 14.3 Å². The molecule has 0 aliphatic heterocycles. The molecule has 128 valence electrons. The Morgan fingerprint density at radius 1 is 1.08 bits per heavy atom. The monoisotopic (exact) mass is 353 g/mol.